The highest BCUT2D eigenvalue weighted by Crippen LogP contribution is 2.08. The largest absolute Gasteiger partial charge is 0.392 e. The van der Waals surface area contributed by atoms with Gasteiger partial charge in [0.25, 0.3) is 0 Å². The Morgan fingerprint density at radius 1 is 1.28 bits per heavy atom. The van der Waals surface area contributed by atoms with Crippen molar-refractivity contribution in [3.8, 4) is 0 Å². The highest BCUT2D eigenvalue weighted by Gasteiger charge is 2.12. The number of sulfonamides is 1. The summed E-state index contributed by atoms with van der Waals surface area (Å²) in [5, 5.41) is 11.9. The van der Waals surface area contributed by atoms with Crippen LogP contribution in [0.25, 0.3) is 0 Å². The summed E-state index contributed by atoms with van der Waals surface area (Å²) >= 11 is 0. The molecule has 0 aromatic heterocycles. The van der Waals surface area contributed by atoms with Gasteiger partial charge >= 0.3 is 0 Å². The zero-order chi connectivity index (χ0) is 13.6. The summed E-state index contributed by atoms with van der Waals surface area (Å²) in [4.78, 5) is 0.0272. The van der Waals surface area contributed by atoms with Gasteiger partial charge in [-0.3, -0.25) is 0 Å². The average molecular weight is 276 g/mol. The van der Waals surface area contributed by atoms with Gasteiger partial charge in [-0.2, -0.15) is 0 Å². The summed E-state index contributed by atoms with van der Waals surface area (Å²) in [5.74, 6) is -0.479. The molecule has 0 fully saturated rings. The van der Waals surface area contributed by atoms with Crippen LogP contribution in [-0.4, -0.2) is 39.3 Å². The molecule has 1 aromatic rings. The summed E-state index contributed by atoms with van der Waals surface area (Å²) < 4.78 is 38.5. The predicted octanol–water partition coefficient (Wildman–Crippen LogP) is 0.0744. The zero-order valence-corrected chi connectivity index (χ0v) is 10.9. The third-order valence-corrected chi connectivity index (χ3v) is 3.63. The van der Waals surface area contributed by atoms with Gasteiger partial charge in [0.2, 0.25) is 10.0 Å². The van der Waals surface area contributed by atoms with Gasteiger partial charge in [0.05, 0.1) is 11.0 Å². The lowest BCUT2D eigenvalue weighted by Crippen LogP contribution is -2.34. The normalized spacial score (nSPS) is 13.5. The van der Waals surface area contributed by atoms with E-state index >= 15 is 0 Å². The van der Waals surface area contributed by atoms with Crippen LogP contribution in [0.5, 0.6) is 0 Å². The Morgan fingerprint density at radius 2 is 1.89 bits per heavy atom. The lowest BCUT2D eigenvalue weighted by atomic mass is 10.4. The third kappa shape index (κ3) is 5.09. The van der Waals surface area contributed by atoms with Gasteiger partial charge in [-0.05, 0) is 31.2 Å². The van der Waals surface area contributed by atoms with Crippen LogP contribution in [0.15, 0.2) is 29.2 Å². The fraction of sp³-hybridized carbons (Fsp3) is 0.455. The number of aliphatic hydroxyl groups is 1. The summed E-state index contributed by atoms with van der Waals surface area (Å²) in [6.45, 7) is 2.64. The fourth-order valence-electron chi connectivity index (χ4n) is 1.28. The second-order valence-corrected chi connectivity index (χ2v) is 5.67. The maximum atomic E-state index is 12.7. The van der Waals surface area contributed by atoms with Crippen molar-refractivity contribution in [2.45, 2.75) is 17.9 Å². The lowest BCUT2D eigenvalue weighted by Gasteiger charge is -2.08. The van der Waals surface area contributed by atoms with Gasteiger partial charge in [0.1, 0.15) is 5.82 Å². The van der Waals surface area contributed by atoms with Gasteiger partial charge in [-0.15, -0.1) is 0 Å². The van der Waals surface area contributed by atoms with E-state index < -0.39 is 21.9 Å². The Kier molecular flexibility index (Phi) is 5.67. The van der Waals surface area contributed by atoms with Crippen LogP contribution in [0.4, 0.5) is 4.39 Å². The van der Waals surface area contributed by atoms with Crippen molar-refractivity contribution >= 4 is 10.0 Å². The Balaban J connectivity index is 2.43. The second-order valence-electron chi connectivity index (χ2n) is 3.90. The molecule has 5 nitrogen and oxygen atoms in total. The van der Waals surface area contributed by atoms with Crippen LogP contribution in [0, 0.1) is 5.82 Å². The van der Waals surface area contributed by atoms with Crippen LogP contribution in [-0.2, 0) is 10.0 Å². The number of halogens is 1. The van der Waals surface area contributed by atoms with E-state index in [4.69, 9.17) is 5.11 Å². The summed E-state index contributed by atoms with van der Waals surface area (Å²) in [6.07, 6.45) is -0.473. The number of aliphatic hydroxyl groups excluding tert-OH is 1. The smallest absolute Gasteiger partial charge is 0.240 e. The first kappa shape index (κ1) is 15.0. The molecule has 3 N–H and O–H groups in total. The topological polar surface area (TPSA) is 78.4 Å². The van der Waals surface area contributed by atoms with E-state index in [0.29, 0.717) is 13.1 Å². The molecule has 0 saturated carbocycles. The molecular formula is C11H17FN2O3S. The molecule has 7 heteroatoms. The number of nitrogens with one attached hydrogen (secondary N) is 2. The Labute approximate surface area is 106 Å². The van der Waals surface area contributed by atoms with E-state index in [1.807, 2.05) is 0 Å². The Morgan fingerprint density at radius 3 is 2.44 bits per heavy atom. The van der Waals surface area contributed by atoms with Crippen molar-refractivity contribution < 1.29 is 17.9 Å². The Bertz CT molecular complexity index is 460. The minimum absolute atomic E-state index is 0.0272. The first-order valence-electron chi connectivity index (χ1n) is 5.56. The molecule has 0 saturated heterocycles. The molecule has 1 aromatic carbocycles. The van der Waals surface area contributed by atoms with Gasteiger partial charge in [-0.1, -0.05) is 0 Å². The minimum atomic E-state index is -3.60. The van der Waals surface area contributed by atoms with Crippen molar-refractivity contribution in [3.63, 3.8) is 0 Å². The molecule has 1 atom stereocenters. The van der Waals surface area contributed by atoms with Crippen molar-refractivity contribution in [2.24, 2.45) is 0 Å². The molecule has 18 heavy (non-hydrogen) atoms. The second kappa shape index (κ2) is 6.79. The molecular weight excluding hydrogens is 259 g/mol. The summed E-state index contributed by atoms with van der Waals surface area (Å²) in [5.41, 5.74) is 0. The van der Waals surface area contributed by atoms with E-state index in [2.05, 4.69) is 10.0 Å². The third-order valence-electron chi connectivity index (χ3n) is 2.16. The molecule has 1 rings (SSSR count). The number of rotatable bonds is 7. The van der Waals surface area contributed by atoms with Crippen molar-refractivity contribution in [1.82, 2.24) is 10.0 Å². The van der Waals surface area contributed by atoms with Gasteiger partial charge < -0.3 is 10.4 Å². The first-order valence-corrected chi connectivity index (χ1v) is 7.04. The molecule has 0 spiro atoms. The molecule has 0 aliphatic heterocycles. The molecule has 0 aliphatic rings. The van der Waals surface area contributed by atoms with Crippen LogP contribution in [0.3, 0.4) is 0 Å². The van der Waals surface area contributed by atoms with Crippen molar-refractivity contribution in [2.75, 3.05) is 19.6 Å². The Hall–Kier alpha value is -1.02. The van der Waals surface area contributed by atoms with Crippen LogP contribution < -0.4 is 10.0 Å². The maximum absolute atomic E-state index is 12.7. The fourth-order valence-corrected chi connectivity index (χ4v) is 2.31. The van der Waals surface area contributed by atoms with E-state index in [0.717, 1.165) is 12.1 Å². The first-order chi connectivity index (χ1) is 8.42. The predicted molar refractivity (Wildman–Crippen MR) is 66.1 cm³/mol. The van der Waals surface area contributed by atoms with Gasteiger partial charge in [0.15, 0.2) is 0 Å². The zero-order valence-electron chi connectivity index (χ0n) is 10.1. The van der Waals surface area contributed by atoms with Crippen molar-refractivity contribution in [3.05, 3.63) is 30.1 Å². The van der Waals surface area contributed by atoms with Crippen LogP contribution >= 0.6 is 0 Å². The number of hydrogen-bond acceptors (Lipinski definition) is 4. The van der Waals surface area contributed by atoms with E-state index in [9.17, 15) is 12.8 Å². The summed E-state index contributed by atoms with van der Waals surface area (Å²) in [6, 6.07) is 4.61. The molecule has 0 bridgehead atoms. The number of benzene rings is 1. The SMILES string of the molecule is CC(O)CNCCNS(=O)(=O)c1ccc(F)cc1. The summed E-state index contributed by atoms with van der Waals surface area (Å²) in [7, 11) is -3.60. The highest BCUT2D eigenvalue weighted by atomic mass is 32.2. The molecule has 0 radical (unpaired) electrons. The monoisotopic (exact) mass is 276 g/mol. The maximum Gasteiger partial charge on any atom is 0.240 e. The van der Waals surface area contributed by atoms with Crippen LogP contribution in [0.2, 0.25) is 0 Å². The lowest BCUT2D eigenvalue weighted by molar-refractivity contribution is 0.192. The van der Waals surface area contributed by atoms with Crippen molar-refractivity contribution in [1.29, 1.82) is 0 Å². The molecule has 0 aliphatic carbocycles. The standard InChI is InChI=1S/C11H17FN2O3S/c1-9(15)8-13-6-7-14-18(16,17)11-4-2-10(12)3-5-11/h2-5,9,13-15H,6-8H2,1H3. The van der Waals surface area contributed by atoms with E-state index in [1.54, 1.807) is 6.92 Å². The van der Waals surface area contributed by atoms with E-state index in [-0.39, 0.29) is 11.4 Å². The minimum Gasteiger partial charge on any atom is -0.392 e. The molecule has 1 unspecified atom stereocenters. The van der Waals surface area contributed by atoms with Crippen LogP contribution in [0.1, 0.15) is 6.92 Å². The van der Waals surface area contributed by atoms with Gasteiger partial charge in [0, 0.05) is 19.6 Å². The quantitative estimate of drug-likeness (QED) is 0.616. The molecule has 102 valence electrons. The molecule has 0 amide bonds. The van der Waals surface area contributed by atoms with Gasteiger partial charge in [-0.25, -0.2) is 17.5 Å². The van der Waals surface area contributed by atoms with E-state index in [1.165, 1.54) is 12.1 Å². The average Bonchev–Trinajstić information content (AvgIpc) is 2.28. The number of hydrogen-bond donors (Lipinski definition) is 3. The highest BCUT2D eigenvalue weighted by molar-refractivity contribution is 7.89. The molecule has 0 heterocycles.